The predicted octanol–water partition coefficient (Wildman–Crippen LogP) is 7.51. The van der Waals surface area contributed by atoms with Gasteiger partial charge >= 0.3 is 0 Å². The zero-order valence-corrected chi connectivity index (χ0v) is 20.0. The number of aliphatic hydroxyl groups is 1. The van der Waals surface area contributed by atoms with Crippen LogP contribution in [0.4, 0.5) is 0 Å². The SMILES string of the molecule is CCCCCCC(C)(C)C1=CC2OC(C)(C)[C@H]3CC=C(CBr)CC3[C@@H]2C(O)=C1. The van der Waals surface area contributed by atoms with Crippen LogP contribution in [0.15, 0.2) is 35.1 Å². The Balaban J connectivity index is 1.83. The summed E-state index contributed by atoms with van der Waals surface area (Å²) >= 11 is 3.64. The Hall–Kier alpha value is -0.540. The summed E-state index contributed by atoms with van der Waals surface area (Å²) < 4.78 is 6.64. The molecule has 3 rings (SSSR count). The quantitative estimate of drug-likeness (QED) is 0.247. The molecule has 3 heteroatoms. The summed E-state index contributed by atoms with van der Waals surface area (Å²) in [6.45, 7) is 11.4. The van der Waals surface area contributed by atoms with Crippen molar-refractivity contribution >= 4 is 15.9 Å². The fraction of sp³-hybridized carbons (Fsp3) is 0.760. The van der Waals surface area contributed by atoms with E-state index < -0.39 is 0 Å². The Bertz CT molecular complexity index is 655. The number of unbranched alkanes of at least 4 members (excludes halogenated alkanes) is 3. The number of ether oxygens (including phenoxy) is 1. The van der Waals surface area contributed by atoms with E-state index in [4.69, 9.17) is 4.74 Å². The lowest BCUT2D eigenvalue weighted by Crippen LogP contribution is -2.54. The first-order valence-electron chi connectivity index (χ1n) is 11.2. The maximum absolute atomic E-state index is 11.1. The average molecular weight is 451 g/mol. The van der Waals surface area contributed by atoms with Gasteiger partial charge in [0.05, 0.1) is 17.5 Å². The summed E-state index contributed by atoms with van der Waals surface area (Å²) in [5.74, 6) is 1.56. The van der Waals surface area contributed by atoms with Crippen LogP contribution in [0.2, 0.25) is 0 Å². The van der Waals surface area contributed by atoms with Crippen molar-refractivity contribution < 1.29 is 9.84 Å². The molecule has 1 N–H and O–H groups in total. The molecule has 0 aromatic carbocycles. The lowest BCUT2D eigenvalue weighted by molar-refractivity contribution is -0.177. The fourth-order valence-electron chi connectivity index (χ4n) is 5.60. The van der Waals surface area contributed by atoms with Gasteiger partial charge in [-0.3, -0.25) is 0 Å². The van der Waals surface area contributed by atoms with Crippen LogP contribution in [0.1, 0.15) is 79.6 Å². The molecule has 1 saturated heterocycles. The van der Waals surface area contributed by atoms with Gasteiger partial charge < -0.3 is 9.84 Å². The smallest absolute Gasteiger partial charge is 0.0988 e. The number of alkyl halides is 1. The monoisotopic (exact) mass is 450 g/mol. The molecule has 2 nitrogen and oxygen atoms in total. The van der Waals surface area contributed by atoms with Crippen LogP contribution in [0.3, 0.4) is 0 Å². The molecule has 0 aromatic heterocycles. The van der Waals surface area contributed by atoms with Crippen molar-refractivity contribution in [3.8, 4) is 0 Å². The molecular formula is C25H39BrO2. The Morgan fingerprint density at radius 2 is 2.00 bits per heavy atom. The highest BCUT2D eigenvalue weighted by molar-refractivity contribution is 9.09. The molecule has 0 spiro atoms. The molecule has 0 amide bonds. The number of aliphatic hydroxyl groups excluding tert-OH is 1. The minimum Gasteiger partial charge on any atom is -0.512 e. The third-order valence-corrected chi connectivity index (χ3v) is 8.14. The highest BCUT2D eigenvalue weighted by Crippen LogP contribution is 2.53. The Kier molecular flexibility index (Phi) is 6.86. The van der Waals surface area contributed by atoms with E-state index in [-0.39, 0.29) is 23.0 Å². The van der Waals surface area contributed by atoms with Crippen LogP contribution in [0, 0.1) is 23.2 Å². The van der Waals surface area contributed by atoms with Crippen LogP contribution >= 0.6 is 15.9 Å². The van der Waals surface area contributed by atoms with Crippen LogP contribution in [0.5, 0.6) is 0 Å². The minimum absolute atomic E-state index is 0.0131. The van der Waals surface area contributed by atoms with Gasteiger partial charge in [0.2, 0.25) is 0 Å². The van der Waals surface area contributed by atoms with Gasteiger partial charge in [0.15, 0.2) is 0 Å². The number of fused-ring (bicyclic) bond motifs is 3. The molecule has 158 valence electrons. The van der Waals surface area contributed by atoms with Gasteiger partial charge in [-0.25, -0.2) is 0 Å². The van der Waals surface area contributed by atoms with E-state index in [1.54, 1.807) is 0 Å². The van der Waals surface area contributed by atoms with Crippen molar-refractivity contribution in [3.05, 3.63) is 35.1 Å². The van der Waals surface area contributed by atoms with Crippen molar-refractivity contribution in [1.82, 2.24) is 0 Å². The normalized spacial score (nSPS) is 32.0. The first-order valence-corrected chi connectivity index (χ1v) is 12.4. The number of allylic oxidation sites excluding steroid dienone is 4. The van der Waals surface area contributed by atoms with Crippen molar-refractivity contribution in [2.24, 2.45) is 23.2 Å². The maximum Gasteiger partial charge on any atom is 0.0988 e. The lowest BCUT2D eigenvalue weighted by Gasteiger charge is -2.53. The summed E-state index contributed by atoms with van der Waals surface area (Å²) in [6, 6.07) is 0. The van der Waals surface area contributed by atoms with E-state index in [1.807, 2.05) is 0 Å². The second kappa shape index (κ2) is 8.68. The van der Waals surface area contributed by atoms with Gasteiger partial charge in [-0.15, -0.1) is 0 Å². The second-order valence-electron chi connectivity index (χ2n) is 10.3. The van der Waals surface area contributed by atoms with Gasteiger partial charge in [-0.1, -0.05) is 80.1 Å². The van der Waals surface area contributed by atoms with Crippen LogP contribution in [0.25, 0.3) is 0 Å². The van der Waals surface area contributed by atoms with Gasteiger partial charge in [-0.2, -0.15) is 0 Å². The molecule has 1 heterocycles. The van der Waals surface area contributed by atoms with E-state index >= 15 is 0 Å². The highest BCUT2D eigenvalue weighted by atomic mass is 79.9. The molecule has 1 fully saturated rings. The molecule has 0 aromatic rings. The fourth-order valence-corrected chi connectivity index (χ4v) is 6.06. The number of rotatable bonds is 7. The molecule has 4 atom stereocenters. The maximum atomic E-state index is 11.1. The largest absolute Gasteiger partial charge is 0.512 e. The number of halogens is 1. The molecule has 0 saturated carbocycles. The molecule has 0 radical (unpaired) electrons. The number of hydrogen-bond donors (Lipinski definition) is 1. The molecule has 1 aliphatic heterocycles. The first-order chi connectivity index (χ1) is 13.2. The van der Waals surface area contributed by atoms with Gasteiger partial charge in [0.25, 0.3) is 0 Å². The highest BCUT2D eigenvalue weighted by Gasteiger charge is 2.52. The van der Waals surface area contributed by atoms with E-state index in [2.05, 4.69) is 68.8 Å². The predicted molar refractivity (Wildman–Crippen MR) is 122 cm³/mol. The van der Waals surface area contributed by atoms with Crippen molar-refractivity contribution in [3.63, 3.8) is 0 Å². The Morgan fingerprint density at radius 3 is 2.68 bits per heavy atom. The van der Waals surface area contributed by atoms with Crippen LogP contribution in [-0.2, 0) is 4.74 Å². The zero-order valence-electron chi connectivity index (χ0n) is 18.4. The first kappa shape index (κ1) is 22.2. The van der Waals surface area contributed by atoms with E-state index in [0.29, 0.717) is 17.6 Å². The minimum atomic E-state index is -0.162. The third kappa shape index (κ3) is 4.46. The number of hydrogen-bond acceptors (Lipinski definition) is 2. The Labute approximate surface area is 180 Å². The summed E-state index contributed by atoms with van der Waals surface area (Å²) in [6.07, 6.45) is 15.2. The summed E-state index contributed by atoms with van der Waals surface area (Å²) in [5, 5.41) is 12.1. The zero-order chi connectivity index (χ0) is 20.5. The summed E-state index contributed by atoms with van der Waals surface area (Å²) in [7, 11) is 0. The second-order valence-corrected chi connectivity index (χ2v) is 10.9. The van der Waals surface area contributed by atoms with Gasteiger partial charge in [-0.05, 0) is 62.0 Å². The van der Waals surface area contributed by atoms with Crippen molar-refractivity contribution in [2.75, 3.05) is 5.33 Å². The van der Waals surface area contributed by atoms with E-state index in [0.717, 1.165) is 24.6 Å². The van der Waals surface area contributed by atoms with Gasteiger partial charge in [0, 0.05) is 11.2 Å². The van der Waals surface area contributed by atoms with E-state index in [1.165, 1.54) is 36.8 Å². The topological polar surface area (TPSA) is 29.5 Å². The van der Waals surface area contributed by atoms with Crippen molar-refractivity contribution in [2.45, 2.75) is 91.3 Å². The summed E-state index contributed by atoms with van der Waals surface area (Å²) in [5.41, 5.74) is 2.63. The van der Waals surface area contributed by atoms with E-state index in [9.17, 15) is 5.11 Å². The molecule has 2 aliphatic carbocycles. The van der Waals surface area contributed by atoms with Gasteiger partial charge in [0.1, 0.15) is 0 Å². The Morgan fingerprint density at radius 1 is 1.25 bits per heavy atom. The average Bonchev–Trinajstić information content (AvgIpc) is 2.63. The molecule has 2 unspecified atom stereocenters. The molecule has 3 aliphatic rings. The molecule has 0 bridgehead atoms. The molecular weight excluding hydrogens is 412 g/mol. The summed E-state index contributed by atoms with van der Waals surface area (Å²) in [4.78, 5) is 0. The van der Waals surface area contributed by atoms with Crippen molar-refractivity contribution in [1.29, 1.82) is 0 Å². The third-order valence-electron chi connectivity index (χ3n) is 7.42. The standard InChI is InChI=1S/C25H39BrO2/c1-6-7-8-9-12-24(2,3)18-14-21(27)23-19-13-17(16-26)10-11-20(19)25(4,5)28-22(23)15-18/h10,14-15,19-20,22-23,27H,6-9,11-13,16H2,1-5H3/t19?,20-,22?,23+/m0/s1. The van der Waals surface area contributed by atoms with Crippen LogP contribution < -0.4 is 0 Å². The van der Waals surface area contributed by atoms with Crippen LogP contribution in [-0.4, -0.2) is 22.1 Å². The molecule has 28 heavy (non-hydrogen) atoms. The lowest BCUT2D eigenvalue weighted by atomic mass is 9.61.